The molecule has 6 heteroatoms. The Balaban J connectivity index is 2.59. The van der Waals surface area contributed by atoms with Gasteiger partial charge in [0.2, 0.25) is 0 Å². The number of esters is 1. The van der Waals surface area contributed by atoms with Crippen LogP contribution in [-0.4, -0.2) is 42.5 Å². The van der Waals surface area contributed by atoms with Gasteiger partial charge in [0.25, 0.3) is 0 Å². The van der Waals surface area contributed by atoms with Crippen molar-refractivity contribution in [2.75, 3.05) is 13.7 Å². The minimum Gasteiger partial charge on any atom is -0.457 e. The van der Waals surface area contributed by atoms with E-state index in [0.717, 1.165) is 0 Å². The third kappa shape index (κ3) is 3.90. The van der Waals surface area contributed by atoms with Crippen LogP contribution in [0.4, 0.5) is 0 Å². The maximum absolute atomic E-state index is 11.8. The Morgan fingerprint density at radius 3 is 2.76 bits per heavy atom. The molecular weight excluding hydrogens is 222 g/mol. The number of hydrogen-bond donors (Lipinski definition) is 2. The van der Waals surface area contributed by atoms with Crippen molar-refractivity contribution in [2.45, 2.75) is 38.7 Å². The van der Waals surface area contributed by atoms with E-state index in [1.54, 1.807) is 24.4 Å². The van der Waals surface area contributed by atoms with Crippen LogP contribution in [0.2, 0.25) is 0 Å². The second kappa shape index (κ2) is 5.37. The monoisotopic (exact) mass is 243 g/mol. The molecule has 0 fully saturated rings. The van der Waals surface area contributed by atoms with Crippen LogP contribution < -0.4 is 11.1 Å². The summed E-state index contributed by atoms with van der Waals surface area (Å²) in [6.07, 6.45) is 2.48. The summed E-state index contributed by atoms with van der Waals surface area (Å²) in [5.74, 6) is -0.452. The van der Waals surface area contributed by atoms with Gasteiger partial charge >= 0.3 is 5.97 Å². The lowest BCUT2D eigenvalue weighted by Crippen LogP contribution is -2.54. The van der Waals surface area contributed by atoms with Crippen molar-refractivity contribution >= 4 is 5.97 Å². The van der Waals surface area contributed by atoms with Gasteiger partial charge in [0.15, 0.2) is 6.17 Å². The van der Waals surface area contributed by atoms with Crippen LogP contribution >= 0.6 is 0 Å². The van der Waals surface area contributed by atoms with Crippen LogP contribution in [-0.2, 0) is 14.3 Å². The van der Waals surface area contributed by atoms with Gasteiger partial charge in [-0.05, 0) is 20.8 Å². The molecule has 0 amide bonds. The Morgan fingerprint density at radius 2 is 2.24 bits per heavy atom. The van der Waals surface area contributed by atoms with Crippen molar-refractivity contribution in [3.63, 3.8) is 0 Å². The predicted octanol–water partition coefficient (Wildman–Crippen LogP) is -0.0382. The third-order valence-corrected chi connectivity index (χ3v) is 2.19. The van der Waals surface area contributed by atoms with E-state index < -0.39 is 17.7 Å². The number of carbonyl (C=O) groups excluding carboxylic acids is 1. The summed E-state index contributed by atoms with van der Waals surface area (Å²) in [6, 6.07) is 0. The molecule has 0 aromatic heterocycles. The molecule has 0 saturated heterocycles. The van der Waals surface area contributed by atoms with Crippen molar-refractivity contribution in [1.29, 1.82) is 0 Å². The molecule has 6 nitrogen and oxygen atoms in total. The van der Waals surface area contributed by atoms with Crippen LogP contribution in [0, 0.1) is 0 Å². The summed E-state index contributed by atoms with van der Waals surface area (Å²) in [7, 11) is 1.59. The predicted molar refractivity (Wildman–Crippen MR) is 63.6 cm³/mol. The molecule has 2 atom stereocenters. The van der Waals surface area contributed by atoms with Crippen molar-refractivity contribution < 1.29 is 14.3 Å². The summed E-state index contributed by atoms with van der Waals surface area (Å²) < 4.78 is 10.3. The van der Waals surface area contributed by atoms with Crippen LogP contribution in [0.25, 0.3) is 0 Å². The molecule has 0 radical (unpaired) electrons. The van der Waals surface area contributed by atoms with Gasteiger partial charge in [0.1, 0.15) is 11.8 Å². The highest BCUT2D eigenvalue weighted by Crippen LogP contribution is 2.13. The number of carbonyl (C=O) groups is 1. The van der Waals surface area contributed by atoms with E-state index in [1.165, 1.54) is 0 Å². The van der Waals surface area contributed by atoms with Gasteiger partial charge in [0, 0.05) is 19.5 Å². The fraction of sp³-hybridized carbons (Fsp3) is 0.727. The summed E-state index contributed by atoms with van der Waals surface area (Å²) in [4.78, 5) is 13.5. The van der Waals surface area contributed by atoms with Crippen molar-refractivity contribution in [3.8, 4) is 0 Å². The smallest absolute Gasteiger partial charge is 0.344 e. The largest absolute Gasteiger partial charge is 0.457 e. The van der Waals surface area contributed by atoms with E-state index >= 15 is 0 Å². The van der Waals surface area contributed by atoms with E-state index in [4.69, 9.17) is 15.2 Å². The maximum atomic E-state index is 11.8. The lowest BCUT2D eigenvalue weighted by atomic mass is 10.2. The first kappa shape index (κ1) is 13.8. The quantitative estimate of drug-likeness (QED) is 0.675. The molecule has 0 aliphatic carbocycles. The normalized spacial score (nSPS) is 21.2. The van der Waals surface area contributed by atoms with Gasteiger partial charge in [-0.15, -0.1) is 0 Å². The highest BCUT2D eigenvalue weighted by molar-refractivity contribution is 5.75. The van der Waals surface area contributed by atoms with E-state index in [9.17, 15) is 4.79 Å². The SMILES string of the molecule is COCC1NC=CN1C(N)C(=O)OC(C)(C)C. The first-order valence-corrected chi connectivity index (χ1v) is 5.52. The molecule has 3 N–H and O–H groups in total. The second-order valence-electron chi connectivity index (χ2n) is 4.88. The molecule has 0 saturated carbocycles. The van der Waals surface area contributed by atoms with E-state index in [0.29, 0.717) is 6.61 Å². The van der Waals surface area contributed by atoms with E-state index in [1.807, 2.05) is 20.8 Å². The molecule has 2 unspecified atom stereocenters. The first-order valence-electron chi connectivity index (χ1n) is 5.52. The fourth-order valence-corrected chi connectivity index (χ4v) is 1.49. The standard InChI is InChI=1S/C11H21N3O3/c1-11(2,3)17-10(15)9(12)14-6-5-13-8(14)7-16-4/h5-6,8-9,13H,7,12H2,1-4H3. The van der Waals surface area contributed by atoms with Crippen molar-refractivity contribution in [2.24, 2.45) is 5.73 Å². The van der Waals surface area contributed by atoms with Gasteiger partial charge in [-0.1, -0.05) is 0 Å². The number of methoxy groups -OCH3 is 1. The number of nitrogens with one attached hydrogen (secondary N) is 1. The number of nitrogens with zero attached hydrogens (tertiary/aromatic N) is 1. The lowest BCUT2D eigenvalue weighted by molar-refractivity contribution is -0.161. The molecule has 0 aromatic rings. The summed E-state index contributed by atoms with van der Waals surface area (Å²) in [6.45, 7) is 5.86. The van der Waals surface area contributed by atoms with E-state index in [2.05, 4.69) is 5.32 Å². The fourth-order valence-electron chi connectivity index (χ4n) is 1.49. The van der Waals surface area contributed by atoms with Gasteiger partial charge < -0.3 is 25.4 Å². The zero-order valence-electron chi connectivity index (χ0n) is 10.8. The molecule has 0 bridgehead atoms. The zero-order chi connectivity index (χ0) is 13.1. The average Bonchev–Trinajstić information content (AvgIpc) is 2.62. The van der Waals surface area contributed by atoms with Crippen molar-refractivity contribution in [3.05, 3.63) is 12.4 Å². The average molecular weight is 243 g/mol. The molecular formula is C11H21N3O3. The Labute approximate surface area is 102 Å². The Bertz CT molecular complexity index is 299. The maximum Gasteiger partial charge on any atom is 0.344 e. The van der Waals surface area contributed by atoms with E-state index in [-0.39, 0.29) is 6.17 Å². The molecule has 1 aliphatic heterocycles. The van der Waals surface area contributed by atoms with Crippen LogP contribution in [0.5, 0.6) is 0 Å². The highest BCUT2D eigenvalue weighted by atomic mass is 16.6. The molecule has 0 spiro atoms. The number of nitrogens with two attached hydrogens (primary N) is 1. The first-order chi connectivity index (χ1) is 7.85. The number of ether oxygens (including phenoxy) is 2. The molecule has 1 heterocycles. The number of hydrogen-bond acceptors (Lipinski definition) is 6. The van der Waals surface area contributed by atoms with Gasteiger partial charge in [-0.2, -0.15) is 0 Å². The molecule has 98 valence electrons. The van der Waals surface area contributed by atoms with Crippen LogP contribution in [0.3, 0.4) is 0 Å². The van der Waals surface area contributed by atoms with Gasteiger partial charge in [0.05, 0.1) is 6.61 Å². The Hall–Kier alpha value is -1.27. The van der Waals surface area contributed by atoms with Gasteiger partial charge in [-0.25, -0.2) is 4.79 Å². The zero-order valence-corrected chi connectivity index (χ0v) is 10.8. The van der Waals surface area contributed by atoms with Crippen molar-refractivity contribution in [1.82, 2.24) is 10.2 Å². The topological polar surface area (TPSA) is 76.8 Å². The molecule has 17 heavy (non-hydrogen) atoms. The minimum atomic E-state index is -0.833. The van der Waals surface area contributed by atoms with Crippen LogP contribution in [0.1, 0.15) is 20.8 Å². The summed E-state index contributed by atoms with van der Waals surface area (Å²) >= 11 is 0. The highest BCUT2D eigenvalue weighted by Gasteiger charge is 2.31. The molecule has 1 rings (SSSR count). The Kier molecular flexibility index (Phi) is 4.36. The van der Waals surface area contributed by atoms with Crippen LogP contribution in [0.15, 0.2) is 12.4 Å². The van der Waals surface area contributed by atoms with Gasteiger partial charge in [-0.3, -0.25) is 0 Å². The third-order valence-electron chi connectivity index (χ3n) is 2.19. The summed E-state index contributed by atoms with van der Waals surface area (Å²) in [5, 5.41) is 3.04. The second-order valence-corrected chi connectivity index (χ2v) is 4.88. The lowest BCUT2D eigenvalue weighted by Gasteiger charge is -2.31. The minimum absolute atomic E-state index is 0.137. The number of rotatable bonds is 4. The molecule has 1 aliphatic rings. The molecule has 0 aromatic carbocycles. The summed E-state index contributed by atoms with van der Waals surface area (Å²) in [5.41, 5.74) is 5.32. The Morgan fingerprint density at radius 1 is 1.59 bits per heavy atom.